The zero-order chi connectivity index (χ0) is 11.1. The molecule has 0 amide bonds. The molecule has 0 aliphatic rings. The Morgan fingerprint density at radius 2 is 1.38 bits per heavy atom. The molecule has 0 saturated heterocycles. The molecule has 0 heterocycles. The highest BCUT2D eigenvalue weighted by Crippen LogP contribution is 2.26. The quantitative estimate of drug-likeness (QED) is 0.667. The second kappa shape index (κ2) is 3.10. The van der Waals surface area contributed by atoms with Crippen molar-refractivity contribution in [3.05, 3.63) is 0 Å². The standard InChI is InChI=1S/C3H6F3NO4S2/c1-7(12(2,8)9)13(10,11)3(4,5)6/h1-2H3. The summed E-state index contributed by atoms with van der Waals surface area (Å²) >= 11 is 0. The van der Waals surface area contributed by atoms with Crippen molar-refractivity contribution < 1.29 is 30.0 Å². The predicted molar refractivity (Wildman–Crippen MR) is 37.6 cm³/mol. The Morgan fingerprint density at radius 3 is 1.46 bits per heavy atom. The number of hydrogen-bond donors (Lipinski definition) is 0. The van der Waals surface area contributed by atoms with Crippen LogP contribution < -0.4 is 0 Å². The first kappa shape index (κ1) is 12.7. The van der Waals surface area contributed by atoms with Gasteiger partial charge in [0.2, 0.25) is 10.0 Å². The molecule has 0 aromatic carbocycles. The van der Waals surface area contributed by atoms with Crippen LogP contribution in [-0.2, 0) is 20.0 Å². The van der Waals surface area contributed by atoms with Crippen LogP contribution in [-0.4, -0.2) is 39.4 Å². The molecule has 0 unspecified atom stereocenters. The van der Waals surface area contributed by atoms with Crippen LogP contribution in [0.5, 0.6) is 0 Å². The van der Waals surface area contributed by atoms with Crippen molar-refractivity contribution >= 4 is 20.0 Å². The van der Waals surface area contributed by atoms with Crippen LogP contribution >= 0.6 is 0 Å². The van der Waals surface area contributed by atoms with Crippen molar-refractivity contribution in [3.8, 4) is 0 Å². The summed E-state index contributed by atoms with van der Waals surface area (Å²) in [6.07, 6.45) is 0.357. The van der Waals surface area contributed by atoms with Gasteiger partial charge in [-0.1, -0.05) is 3.71 Å². The monoisotopic (exact) mass is 241 g/mol. The smallest absolute Gasteiger partial charge is 0.212 e. The highest BCUT2D eigenvalue weighted by Gasteiger charge is 2.51. The van der Waals surface area contributed by atoms with E-state index in [9.17, 15) is 30.0 Å². The second-order valence-corrected chi connectivity index (χ2v) is 6.30. The number of sulfonamides is 2. The molecule has 0 aromatic heterocycles. The molecular formula is C3H6F3NO4S2. The lowest BCUT2D eigenvalue weighted by Gasteiger charge is -2.15. The van der Waals surface area contributed by atoms with Gasteiger partial charge in [-0.25, -0.2) is 16.8 Å². The second-order valence-electron chi connectivity index (χ2n) is 2.09. The number of hydrogen-bond acceptors (Lipinski definition) is 4. The van der Waals surface area contributed by atoms with E-state index in [1.54, 1.807) is 0 Å². The first-order chi connectivity index (χ1) is 5.40. The molecule has 0 atom stereocenters. The van der Waals surface area contributed by atoms with Crippen molar-refractivity contribution in [2.24, 2.45) is 0 Å². The first-order valence-electron chi connectivity index (χ1n) is 2.66. The van der Waals surface area contributed by atoms with Crippen molar-refractivity contribution in [2.75, 3.05) is 13.3 Å². The maximum Gasteiger partial charge on any atom is 0.512 e. The third kappa shape index (κ3) is 2.54. The fourth-order valence-corrected chi connectivity index (χ4v) is 2.30. The fraction of sp³-hybridized carbons (Fsp3) is 1.00. The fourth-order valence-electron chi connectivity index (χ4n) is 0.324. The molecule has 0 fully saturated rings. The van der Waals surface area contributed by atoms with E-state index >= 15 is 0 Å². The van der Waals surface area contributed by atoms with Crippen LogP contribution in [0.2, 0.25) is 0 Å². The van der Waals surface area contributed by atoms with E-state index in [0.717, 1.165) is 0 Å². The van der Waals surface area contributed by atoms with Gasteiger partial charge in [0.05, 0.1) is 6.26 Å². The Kier molecular flexibility index (Phi) is 3.02. The third-order valence-corrected chi connectivity index (χ3v) is 4.70. The zero-order valence-electron chi connectivity index (χ0n) is 6.53. The van der Waals surface area contributed by atoms with Crippen molar-refractivity contribution in [2.45, 2.75) is 5.51 Å². The van der Waals surface area contributed by atoms with Gasteiger partial charge in [-0.2, -0.15) is 13.2 Å². The number of rotatable bonds is 2. The molecule has 5 nitrogen and oxygen atoms in total. The largest absolute Gasteiger partial charge is 0.512 e. The van der Waals surface area contributed by atoms with Crippen LogP contribution in [0.25, 0.3) is 0 Å². The van der Waals surface area contributed by atoms with Gasteiger partial charge in [0.25, 0.3) is 0 Å². The molecule has 0 rings (SSSR count). The van der Waals surface area contributed by atoms with Gasteiger partial charge in [-0.15, -0.1) is 0 Å². The molecule has 0 radical (unpaired) electrons. The maximum absolute atomic E-state index is 11.7. The normalized spacial score (nSPS) is 14.9. The van der Waals surface area contributed by atoms with Gasteiger partial charge in [0.15, 0.2) is 0 Å². The van der Waals surface area contributed by atoms with Gasteiger partial charge in [-0.3, -0.25) is 0 Å². The van der Waals surface area contributed by atoms with Crippen molar-refractivity contribution in [1.82, 2.24) is 3.71 Å². The van der Waals surface area contributed by atoms with Crippen LogP contribution in [0.3, 0.4) is 0 Å². The summed E-state index contributed by atoms with van der Waals surface area (Å²) in [6.45, 7) is 0. The maximum atomic E-state index is 11.7. The summed E-state index contributed by atoms with van der Waals surface area (Å²) in [6, 6.07) is 0. The lowest BCUT2D eigenvalue weighted by molar-refractivity contribution is -0.0465. The van der Waals surface area contributed by atoms with Crippen LogP contribution in [0.4, 0.5) is 13.2 Å². The Morgan fingerprint density at radius 1 is 1.08 bits per heavy atom. The molecule has 0 saturated carbocycles. The van der Waals surface area contributed by atoms with Gasteiger partial charge < -0.3 is 0 Å². The minimum absolute atomic E-state index is 0.318. The lowest BCUT2D eigenvalue weighted by Crippen LogP contribution is -2.41. The molecule has 0 spiro atoms. The Labute approximate surface area is 73.2 Å². The average Bonchev–Trinajstić information content (AvgIpc) is 1.81. The summed E-state index contributed by atoms with van der Waals surface area (Å²) in [5.74, 6) is 0. The number of alkyl halides is 3. The Bertz CT molecular complexity index is 379. The van der Waals surface area contributed by atoms with E-state index in [1.807, 2.05) is 0 Å². The lowest BCUT2D eigenvalue weighted by atomic mass is 11.5. The molecule has 10 heteroatoms. The molecule has 0 bridgehead atoms. The molecule has 0 aliphatic heterocycles. The highest BCUT2D eigenvalue weighted by molar-refractivity contribution is 8.04. The summed E-state index contributed by atoms with van der Waals surface area (Å²) < 4.78 is 76.2. The molecule has 0 aliphatic carbocycles. The minimum atomic E-state index is -5.79. The summed E-state index contributed by atoms with van der Waals surface area (Å²) in [5.41, 5.74) is -5.61. The van der Waals surface area contributed by atoms with Gasteiger partial charge in [0, 0.05) is 7.05 Å². The van der Waals surface area contributed by atoms with Gasteiger partial charge >= 0.3 is 15.5 Å². The van der Waals surface area contributed by atoms with E-state index in [0.29, 0.717) is 13.3 Å². The number of nitrogens with zero attached hydrogens (tertiary/aromatic N) is 1. The molecule has 80 valence electrons. The highest BCUT2D eigenvalue weighted by atomic mass is 32.3. The van der Waals surface area contributed by atoms with Crippen LogP contribution in [0.1, 0.15) is 0 Å². The summed E-state index contributed by atoms with van der Waals surface area (Å²) in [5, 5.41) is 0. The topological polar surface area (TPSA) is 71.5 Å². The van der Waals surface area contributed by atoms with Crippen molar-refractivity contribution in [3.63, 3.8) is 0 Å². The van der Waals surface area contributed by atoms with Crippen LogP contribution in [0.15, 0.2) is 0 Å². The zero-order valence-corrected chi connectivity index (χ0v) is 8.16. The molecular weight excluding hydrogens is 235 g/mol. The van der Waals surface area contributed by atoms with E-state index in [-0.39, 0.29) is 0 Å². The molecule has 0 aromatic rings. The Hall–Kier alpha value is -0.350. The van der Waals surface area contributed by atoms with Crippen LogP contribution in [0, 0.1) is 0 Å². The van der Waals surface area contributed by atoms with Crippen molar-refractivity contribution in [1.29, 1.82) is 0 Å². The van der Waals surface area contributed by atoms with E-state index in [4.69, 9.17) is 0 Å². The predicted octanol–water partition coefficient (Wildman–Crippen LogP) is -0.273. The van der Waals surface area contributed by atoms with Gasteiger partial charge in [0.1, 0.15) is 0 Å². The summed E-state index contributed by atoms with van der Waals surface area (Å²) in [4.78, 5) is 0. The van der Waals surface area contributed by atoms with E-state index in [2.05, 4.69) is 0 Å². The molecule has 13 heavy (non-hydrogen) atoms. The van der Waals surface area contributed by atoms with E-state index < -0.39 is 29.3 Å². The SMILES string of the molecule is CN(S(C)(=O)=O)S(=O)(=O)C(F)(F)F. The first-order valence-corrected chi connectivity index (χ1v) is 5.95. The Balaban J connectivity index is 5.37. The molecule has 0 N–H and O–H groups in total. The number of halogens is 3. The van der Waals surface area contributed by atoms with Gasteiger partial charge in [-0.05, 0) is 0 Å². The average molecular weight is 241 g/mol. The van der Waals surface area contributed by atoms with E-state index in [1.165, 1.54) is 0 Å². The summed E-state index contributed by atoms with van der Waals surface area (Å²) in [7, 11) is -9.89. The third-order valence-electron chi connectivity index (χ3n) is 1.10. The minimum Gasteiger partial charge on any atom is -0.212 e.